The quantitative estimate of drug-likeness (QED) is 0.651. The van der Waals surface area contributed by atoms with Gasteiger partial charge in [-0.2, -0.15) is 0 Å². The SMILES string of the molecule is CC(C)(C)CC1=CC=CC1.CC(C)(C)Cc1cccnc1. The van der Waals surface area contributed by atoms with Crippen molar-refractivity contribution < 1.29 is 0 Å². The van der Waals surface area contributed by atoms with E-state index in [4.69, 9.17) is 0 Å². The predicted octanol–water partition coefficient (Wildman–Crippen LogP) is 5.98. The van der Waals surface area contributed by atoms with E-state index in [1.807, 2.05) is 18.5 Å². The van der Waals surface area contributed by atoms with Crippen LogP contribution in [0.4, 0.5) is 0 Å². The summed E-state index contributed by atoms with van der Waals surface area (Å²) < 4.78 is 0. The van der Waals surface area contributed by atoms with E-state index in [0.29, 0.717) is 10.8 Å². The van der Waals surface area contributed by atoms with Crippen LogP contribution in [0.15, 0.2) is 48.3 Å². The van der Waals surface area contributed by atoms with Crippen LogP contribution in [0.5, 0.6) is 0 Å². The van der Waals surface area contributed by atoms with Gasteiger partial charge in [-0.15, -0.1) is 0 Å². The zero-order valence-corrected chi connectivity index (χ0v) is 14.6. The molecule has 0 aromatic carbocycles. The summed E-state index contributed by atoms with van der Waals surface area (Å²) >= 11 is 0. The smallest absolute Gasteiger partial charge is 0.0300 e. The largest absolute Gasteiger partial charge is 0.264 e. The lowest BCUT2D eigenvalue weighted by Crippen LogP contribution is -2.08. The molecule has 0 spiro atoms. The van der Waals surface area contributed by atoms with Crippen molar-refractivity contribution in [1.82, 2.24) is 4.98 Å². The Morgan fingerprint density at radius 2 is 1.67 bits per heavy atom. The average Bonchev–Trinajstić information content (AvgIpc) is 2.79. The fourth-order valence-corrected chi connectivity index (χ4v) is 2.42. The Labute approximate surface area is 131 Å². The summed E-state index contributed by atoms with van der Waals surface area (Å²) in [6.45, 7) is 13.6. The number of nitrogens with zero attached hydrogens (tertiary/aromatic N) is 1. The first kappa shape index (κ1) is 17.7. The van der Waals surface area contributed by atoms with Crippen molar-refractivity contribution in [3.05, 3.63) is 53.9 Å². The Kier molecular flexibility index (Phi) is 6.39. The van der Waals surface area contributed by atoms with Crippen molar-refractivity contribution in [2.75, 3.05) is 0 Å². The Hall–Kier alpha value is -1.37. The third-order valence-electron chi connectivity index (χ3n) is 3.06. The summed E-state index contributed by atoms with van der Waals surface area (Å²) in [4.78, 5) is 4.07. The molecule has 1 nitrogen and oxygen atoms in total. The Balaban J connectivity index is 0.000000211. The van der Waals surface area contributed by atoms with Gasteiger partial charge in [0.25, 0.3) is 0 Å². The van der Waals surface area contributed by atoms with Gasteiger partial charge in [-0.25, -0.2) is 0 Å². The second-order valence-electron chi connectivity index (χ2n) is 8.29. The van der Waals surface area contributed by atoms with E-state index in [0.717, 1.165) is 6.42 Å². The number of hydrogen-bond donors (Lipinski definition) is 0. The van der Waals surface area contributed by atoms with Crippen LogP contribution in [-0.2, 0) is 6.42 Å². The van der Waals surface area contributed by atoms with Gasteiger partial charge in [0.05, 0.1) is 0 Å². The van der Waals surface area contributed by atoms with Gasteiger partial charge < -0.3 is 0 Å². The lowest BCUT2D eigenvalue weighted by molar-refractivity contribution is 0.407. The third kappa shape index (κ3) is 9.23. The van der Waals surface area contributed by atoms with Crippen molar-refractivity contribution in [1.29, 1.82) is 0 Å². The van der Waals surface area contributed by atoms with E-state index in [2.05, 4.69) is 70.8 Å². The topological polar surface area (TPSA) is 12.9 Å². The monoisotopic (exact) mass is 285 g/mol. The number of aromatic nitrogens is 1. The fourth-order valence-electron chi connectivity index (χ4n) is 2.42. The van der Waals surface area contributed by atoms with Crippen LogP contribution in [0.2, 0.25) is 0 Å². The molecule has 116 valence electrons. The first-order chi connectivity index (χ1) is 9.66. The molecule has 1 heteroatoms. The lowest BCUT2D eigenvalue weighted by Gasteiger charge is -2.18. The number of hydrogen-bond acceptors (Lipinski definition) is 1. The minimum atomic E-state index is 0.364. The highest BCUT2D eigenvalue weighted by Crippen LogP contribution is 2.27. The summed E-state index contributed by atoms with van der Waals surface area (Å²) in [5.74, 6) is 0. The van der Waals surface area contributed by atoms with Gasteiger partial charge in [-0.05, 0) is 41.7 Å². The average molecular weight is 285 g/mol. The molecule has 0 atom stereocenters. The van der Waals surface area contributed by atoms with Crippen LogP contribution in [0, 0.1) is 10.8 Å². The molecular formula is C20H31N. The molecule has 0 N–H and O–H groups in total. The molecule has 1 aromatic rings. The Morgan fingerprint density at radius 3 is 2.10 bits per heavy atom. The molecule has 21 heavy (non-hydrogen) atoms. The van der Waals surface area contributed by atoms with Crippen LogP contribution >= 0.6 is 0 Å². The minimum absolute atomic E-state index is 0.364. The van der Waals surface area contributed by atoms with E-state index in [9.17, 15) is 0 Å². The summed E-state index contributed by atoms with van der Waals surface area (Å²) in [6, 6.07) is 4.11. The van der Waals surface area contributed by atoms with Gasteiger partial charge in [0, 0.05) is 12.4 Å². The van der Waals surface area contributed by atoms with Crippen molar-refractivity contribution in [3.8, 4) is 0 Å². The third-order valence-corrected chi connectivity index (χ3v) is 3.06. The molecule has 0 fully saturated rings. The first-order valence-electron chi connectivity index (χ1n) is 7.89. The highest BCUT2D eigenvalue weighted by atomic mass is 14.6. The molecule has 0 aliphatic heterocycles. The molecule has 1 heterocycles. The molecule has 0 saturated heterocycles. The van der Waals surface area contributed by atoms with E-state index in [1.165, 1.54) is 18.4 Å². The van der Waals surface area contributed by atoms with Crippen molar-refractivity contribution in [2.45, 2.75) is 60.8 Å². The van der Waals surface area contributed by atoms with Gasteiger partial charge in [0.1, 0.15) is 0 Å². The molecule has 2 rings (SSSR count). The molecule has 0 radical (unpaired) electrons. The number of allylic oxidation sites excluding steroid dienone is 4. The van der Waals surface area contributed by atoms with Gasteiger partial charge in [0.2, 0.25) is 0 Å². The maximum absolute atomic E-state index is 4.07. The predicted molar refractivity (Wildman–Crippen MR) is 93.3 cm³/mol. The highest BCUT2D eigenvalue weighted by Gasteiger charge is 2.13. The van der Waals surface area contributed by atoms with Crippen LogP contribution in [0.25, 0.3) is 0 Å². The lowest BCUT2D eigenvalue weighted by atomic mass is 9.88. The second kappa shape index (κ2) is 7.59. The molecular weight excluding hydrogens is 254 g/mol. The Morgan fingerprint density at radius 1 is 1.00 bits per heavy atom. The van der Waals surface area contributed by atoms with Crippen LogP contribution in [0.3, 0.4) is 0 Å². The van der Waals surface area contributed by atoms with Gasteiger partial charge in [0.15, 0.2) is 0 Å². The van der Waals surface area contributed by atoms with Crippen molar-refractivity contribution >= 4 is 0 Å². The Bertz CT molecular complexity index is 467. The number of rotatable bonds is 2. The van der Waals surface area contributed by atoms with Crippen LogP contribution in [-0.4, -0.2) is 4.98 Å². The zero-order chi connectivity index (χ0) is 15.9. The molecule has 0 unspecified atom stereocenters. The van der Waals surface area contributed by atoms with E-state index < -0.39 is 0 Å². The highest BCUT2D eigenvalue weighted by molar-refractivity contribution is 5.23. The van der Waals surface area contributed by atoms with Crippen LogP contribution in [0.1, 0.15) is 59.9 Å². The standard InChI is InChI=1S/C10H15N.C10H16/c1-10(2,3)7-9-5-4-6-11-8-9;1-10(2,3)8-9-6-4-5-7-9/h4-6,8H,7H2,1-3H3;4-6H,7-8H2,1-3H3. The van der Waals surface area contributed by atoms with Crippen molar-refractivity contribution in [3.63, 3.8) is 0 Å². The van der Waals surface area contributed by atoms with Gasteiger partial charge in [-0.1, -0.05) is 71.4 Å². The fraction of sp³-hybridized carbons (Fsp3) is 0.550. The first-order valence-corrected chi connectivity index (χ1v) is 7.89. The minimum Gasteiger partial charge on any atom is -0.264 e. The van der Waals surface area contributed by atoms with E-state index in [-0.39, 0.29) is 0 Å². The molecule has 0 amide bonds. The molecule has 1 aromatic heterocycles. The molecule has 0 bridgehead atoms. The summed E-state index contributed by atoms with van der Waals surface area (Å²) in [6.07, 6.45) is 13.9. The maximum Gasteiger partial charge on any atom is 0.0300 e. The van der Waals surface area contributed by atoms with Gasteiger partial charge >= 0.3 is 0 Å². The molecule has 1 aliphatic carbocycles. The molecule has 0 saturated carbocycles. The van der Waals surface area contributed by atoms with Crippen LogP contribution < -0.4 is 0 Å². The van der Waals surface area contributed by atoms with Gasteiger partial charge in [-0.3, -0.25) is 4.98 Å². The van der Waals surface area contributed by atoms with Crippen molar-refractivity contribution in [2.24, 2.45) is 10.8 Å². The maximum atomic E-state index is 4.07. The zero-order valence-electron chi connectivity index (χ0n) is 14.6. The summed E-state index contributed by atoms with van der Waals surface area (Å²) in [5, 5.41) is 0. The second-order valence-corrected chi connectivity index (χ2v) is 8.29. The van der Waals surface area contributed by atoms with E-state index in [1.54, 1.807) is 5.57 Å². The summed E-state index contributed by atoms with van der Waals surface area (Å²) in [7, 11) is 0. The molecule has 1 aliphatic rings. The summed E-state index contributed by atoms with van der Waals surface area (Å²) in [5.41, 5.74) is 3.72. The number of pyridine rings is 1. The van der Waals surface area contributed by atoms with E-state index >= 15 is 0 Å². The normalized spacial score (nSPS) is 14.5.